The van der Waals surface area contributed by atoms with E-state index >= 15 is 0 Å². The quantitative estimate of drug-likeness (QED) is 0.727. The molecule has 0 fully saturated rings. The second-order valence-corrected chi connectivity index (χ2v) is 10.1. The number of carbonyl (C=O) groups excluding carboxylic acids is 1. The lowest BCUT2D eigenvalue weighted by atomic mass is 10.1. The molecule has 1 heterocycles. The molecule has 0 bridgehead atoms. The van der Waals surface area contributed by atoms with Crippen molar-refractivity contribution in [1.29, 1.82) is 0 Å². The molecular weight excluding hydrogens is 384 g/mol. The largest absolute Gasteiger partial charge is 0.296 e. The van der Waals surface area contributed by atoms with Crippen LogP contribution in [0.1, 0.15) is 61.5 Å². The lowest BCUT2D eigenvalue weighted by Crippen LogP contribution is -2.40. The number of carbonyl (C=O) groups is 1. The number of benzene rings is 1. The van der Waals surface area contributed by atoms with Crippen molar-refractivity contribution in [2.24, 2.45) is 0 Å². The van der Waals surface area contributed by atoms with E-state index in [1.807, 2.05) is 0 Å². The third-order valence-corrected chi connectivity index (χ3v) is 6.29. The number of nitrogens with zero attached hydrogens (tertiary/aromatic N) is 2. The van der Waals surface area contributed by atoms with Crippen molar-refractivity contribution in [1.82, 2.24) is 14.9 Å². The number of nitrogens with one attached hydrogen (secondary N) is 2. The first-order valence-corrected chi connectivity index (χ1v) is 11.1. The van der Waals surface area contributed by atoms with E-state index < -0.39 is 21.5 Å². The normalized spacial score (nSPS) is 12.2. The van der Waals surface area contributed by atoms with Crippen LogP contribution < -0.4 is 10.0 Å². The first kappa shape index (κ1) is 21.5. The van der Waals surface area contributed by atoms with E-state index in [4.69, 9.17) is 0 Å². The van der Waals surface area contributed by atoms with Crippen LogP contribution in [0.25, 0.3) is 0 Å². The number of hydrogen-bond donors (Lipinski definition) is 2. The number of rotatable bonds is 7. The van der Waals surface area contributed by atoms with Crippen molar-refractivity contribution in [2.45, 2.75) is 64.3 Å². The van der Waals surface area contributed by atoms with Gasteiger partial charge in [0.05, 0.1) is 4.90 Å². The molecule has 27 heavy (non-hydrogen) atoms. The number of amides is 1. The van der Waals surface area contributed by atoms with Crippen LogP contribution in [0.2, 0.25) is 0 Å². The molecule has 0 atom stereocenters. The maximum Gasteiger partial charge on any atom is 0.257 e. The van der Waals surface area contributed by atoms with E-state index in [0.29, 0.717) is 10.7 Å². The highest BCUT2D eigenvalue weighted by Crippen LogP contribution is 2.21. The third kappa shape index (κ3) is 6.08. The molecule has 0 radical (unpaired) electrons. The monoisotopic (exact) mass is 410 g/mol. The molecule has 2 rings (SSSR count). The number of aryl methyl sites for hydroxylation is 2. The Morgan fingerprint density at radius 2 is 1.93 bits per heavy atom. The Kier molecular flexibility index (Phi) is 6.72. The lowest BCUT2D eigenvalue weighted by molar-refractivity contribution is 0.102. The fourth-order valence-electron chi connectivity index (χ4n) is 2.37. The van der Waals surface area contributed by atoms with Crippen molar-refractivity contribution < 1.29 is 13.2 Å². The molecule has 1 amide bonds. The lowest BCUT2D eigenvalue weighted by Gasteiger charge is -2.20. The Bertz CT molecular complexity index is 915. The summed E-state index contributed by atoms with van der Waals surface area (Å²) in [5, 5.41) is 12.1. The summed E-state index contributed by atoms with van der Waals surface area (Å²) in [7, 11) is -3.73. The van der Waals surface area contributed by atoms with Gasteiger partial charge in [-0.25, -0.2) is 13.1 Å². The second kappa shape index (κ2) is 8.45. The first-order valence-electron chi connectivity index (χ1n) is 8.80. The zero-order valence-corrected chi connectivity index (χ0v) is 17.9. The van der Waals surface area contributed by atoms with E-state index in [0.717, 1.165) is 24.3 Å². The van der Waals surface area contributed by atoms with Gasteiger partial charge in [-0.05, 0) is 51.8 Å². The first-order chi connectivity index (χ1) is 12.5. The minimum atomic E-state index is -3.73. The fraction of sp³-hybridized carbons (Fsp3) is 0.500. The molecular formula is C18H26N4O3S2. The smallest absolute Gasteiger partial charge is 0.257 e. The van der Waals surface area contributed by atoms with Crippen molar-refractivity contribution >= 4 is 32.4 Å². The van der Waals surface area contributed by atoms with Crippen molar-refractivity contribution in [3.8, 4) is 0 Å². The van der Waals surface area contributed by atoms with Gasteiger partial charge < -0.3 is 0 Å². The van der Waals surface area contributed by atoms with Gasteiger partial charge in [0.1, 0.15) is 5.01 Å². The highest BCUT2D eigenvalue weighted by atomic mass is 32.2. The topological polar surface area (TPSA) is 101 Å². The SMILES string of the molecule is CCCCc1nnc(NC(=O)c2cc(S(=O)(=O)NC(C)(C)C)ccc2C)s1. The van der Waals surface area contributed by atoms with Gasteiger partial charge in [0, 0.05) is 17.5 Å². The number of unbranched alkanes of at least 4 members (excludes halogenated alkanes) is 1. The van der Waals surface area contributed by atoms with Crippen molar-refractivity contribution in [3.63, 3.8) is 0 Å². The Morgan fingerprint density at radius 1 is 1.22 bits per heavy atom. The standard InChI is InChI=1S/C18H26N4O3S2/c1-6-7-8-15-20-21-17(26-15)19-16(23)14-11-13(10-9-12(14)2)27(24,25)22-18(3,4)5/h9-11,22H,6-8H2,1-5H3,(H,19,21,23). The van der Waals surface area contributed by atoms with Gasteiger partial charge in [-0.1, -0.05) is 30.7 Å². The number of anilines is 1. The van der Waals surface area contributed by atoms with Gasteiger partial charge in [-0.3, -0.25) is 10.1 Å². The van der Waals surface area contributed by atoms with Crippen LogP contribution in [0.3, 0.4) is 0 Å². The zero-order valence-electron chi connectivity index (χ0n) is 16.3. The summed E-state index contributed by atoms with van der Waals surface area (Å²) in [6, 6.07) is 4.50. The molecule has 9 heteroatoms. The molecule has 2 aromatic rings. The number of aromatic nitrogens is 2. The molecule has 7 nitrogen and oxygen atoms in total. The van der Waals surface area contributed by atoms with Gasteiger partial charge in [0.15, 0.2) is 0 Å². The molecule has 0 unspecified atom stereocenters. The van der Waals surface area contributed by atoms with Crippen LogP contribution in [0.15, 0.2) is 23.1 Å². The van der Waals surface area contributed by atoms with Crippen molar-refractivity contribution in [3.05, 3.63) is 34.3 Å². The Labute approximate surface area is 164 Å². The second-order valence-electron chi connectivity index (χ2n) is 7.39. The maximum atomic E-state index is 12.6. The van der Waals surface area contributed by atoms with Crippen LogP contribution in [0.4, 0.5) is 5.13 Å². The maximum absolute atomic E-state index is 12.6. The predicted octanol–water partition coefficient (Wildman–Crippen LogP) is 3.52. The molecule has 2 N–H and O–H groups in total. The fourth-order valence-corrected chi connectivity index (χ4v) is 4.59. The Hall–Kier alpha value is -1.84. The summed E-state index contributed by atoms with van der Waals surface area (Å²) in [4.78, 5) is 12.7. The number of sulfonamides is 1. The van der Waals surface area contributed by atoms with Gasteiger partial charge in [-0.15, -0.1) is 10.2 Å². The molecule has 0 spiro atoms. The van der Waals surface area contributed by atoms with Crippen LogP contribution in [-0.2, 0) is 16.4 Å². The van der Waals surface area contributed by atoms with E-state index in [2.05, 4.69) is 27.2 Å². The molecule has 148 valence electrons. The molecule has 0 aliphatic rings. The average molecular weight is 411 g/mol. The Balaban J connectivity index is 2.22. The van der Waals surface area contributed by atoms with Crippen LogP contribution in [0, 0.1) is 6.92 Å². The van der Waals surface area contributed by atoms with Gasteiger partial charge in [0.2, 0.25) is 15.2 Å². The number of hydrogen-bond acceptors (Lipinski definition) is 6. The predicted molar refractivity (Wildman–Crippen MR) is 108 cm³/mol. The zero-order chi connectivity index (χ0) is 20.2. The summed E-state index contributed by atoms with van der Waals surface area (Å²) in [5.41, 5.74) is 0.350. The molecule has 0 aliphatic carbocycles. The van der Waals surface area contributed by atoms with Crippen molar-refractivity contribution in [2.75, 3.05) is 5.32 Å². The highest BCUT2D eigenvalue weighted by molar-refractivity contribution is 7.89. The van der Waals surface area contributed by atoms with E-state index in [-0.39, 0.29) is 10.5 Å². The molecule has 0 aliphatic heterocycles. The summed E-state index contributed by atoms with van der Waals surface area (Å²) in [6.45, 7) is 9.14. The molecule has 0 saturated heterocycles. The van der Waals surface area contributed by atoms with Gasteiger partial charge >= 0.3 is 0 Å². The van der Waals surface area contributed by atoms with E-state index in [1.165, 1.54) is 23.5 Å². The van der Waals surface area contributed by atoms with E-state index in [1.54, 1.807) is 33.8 Å². The highest BCUT2D eigenvalue weighted by Gasteiger charge is 2.23. The molecule has 1 aromatic carbocycles. The minimum absolute atomic E-state index is 0.0501. The average Bonchev–Trinajstić information content (AvgIpc) is 2.98. The Morgan fingerprint density at radius 3 is 2.56 bits per heavy atom. The van der Waals surface area contributed by atoms with Crippen LogP contribution in [0.5, 0.6) is 0 Å². The summed E-state index contributed by atoms with van der Waals surface area (Å²) in [5.74, 6) is -0.404. The molecule has 0 saturated carbocycles. The summed E-state index contributed by atoms with van der Waals surface area (Å²) in [6.07, 6.45) is 2.90. The van der Waals surface area contributed by atoms with E-state index in [9.17, 15) is 13.2 Å². The van der Waals surface area contributed by atoms with Gasteiger partial charge in [0.25, 0.3) is 5.91 Å². The minimum Gasteiger partial charge on any atom is -0.296 e. The molecule has 1 aromatic heterocycles. The van der Waals surface area contributed by atoms with Crippen LogP contribution >= 0.6 is 11.3 Å². The van der Waals surface area contributed by atoms with Crippen LogP contribution in [-0.4, -0.2) is 30.1 Å². The summed E-state index contributed by atoms with van der Waals surface area (Å²) >= 11 is 1.33. The summed E-state index contributed by atoms with van der Waals surface area (Å²) < 4.78 is 27.7. The van der Waals surface area contributed by atoms with Gasteiger partial charge in [-0.2, -0.15) is 0 Å². The third-order valence-electron chi connectivity index (χ3n) is 3.64.